The molecule has 0 spiro atoms. The monoisotopic (exact) mass is 320 g/mol. The van der Waals surface area contributed by atoms with Gasteiger partial charge in [0, 0.05) is 12.8 Å². The summed E-state index contributed by atoms with van der Waals surface area (Å²) in [5.74, 6) is 0.483. The number of carbonyl (C=O) groups is 2. The molecule has 6 nitrogen and oxygen atoms in total. The molecule has 0 saturated carbocycles. The molecule has 0 heterocycles. The highest BCUT2D eigenvalue weighted by atomic mass is 16.5. The largest absolute Gasteiger partial charge is 0.497 e. The van der Waals surface area contributed by atoms with Crippen LogP contribution in [0.3, 0.4) is 0 Å². The molecule has 0 aromatic heterocycles. The lowest BCUT2D eigenvalue weighted by Gasteiger charge is -2.01. The third kappa shape index (κ3) is 8.60. The molecule has 0 aliphatic rings. The number of hydrogen-bond acceptors (Lipinski definition) is 5. The van der Waals surface area contributed by atoms with Gasteiger partial charge in [0.2, 0.25) is 5.91 Å². The lowest BCUT2D eigenvalue weighted by molar-refractivity contribution is -0.140. The smallest absolute Gasteiger partial charge is 0.305 e. The summed E-state index contributed by atoms with van der Waals surface area (Å²) in [6.07, 6.45) is 5.86. The second-order valence-corrected chi connectivity index (χ2v) is 5.06. The van der Waals surface area contributed by atoms with Crippen molar-refractivity contribution in [3.63, 3.8) is 0 Å². The van der Waals surface area contributed by atoms with E-state index in [9.17, 15) is 9.59 Å². The maximum Gasteiger partial charge on any atom is 0.305 e. The molecule has 0 aliphatic heterocycles. The van der Waals surface area contributed by atoms with Crippen molar-refractivity contribution in [1.29, 1.82) is 0 Å². The molecule has 1 rings (SSSR count). The number of rotatable bonds is 10. The van der Waals surface area contributed by atoms with Crippen LogP contribution < -0.4 is 10.2 Å². The third-order valence-corrected chi connectivity index (χ3v) is 3.28. The summed E-state index contributed by atoms with van der Waals surface area (Å²) in [4.78, 5) is 22.5. The first kappa shape index (κ1) is 18.7. The highest BCUT2D eigenvalue weighted by molar-refractivity contribution is 5.82. The van der Waals surface area contributed by atoms with E-state index in [0.717, 1.165) is 37.0 Å². The lowest BCUT2D eigenvalue weighted by Crippen LogP contribution is -2.16. The number of carbonyl (C=O) groups excluding carboxylic acids is 2. The fourth-order valence-electron chi connectivity index (χ4n) is 1.94. The minimum Gasteiger partial charge on any atom is -0.497 e. The molecule has 126 valence electrons. The lowest BCUT2D eigenvalue weighted by atomic mass is 10.1. The average molecular weight is 320 g/mol. The Morgan fingerprint density at radius 2 is 1.70 bits per heavy atom. The van der Waals surface area contributed by atoms with Gasteiger partial charge in [-0.15, -0.1) is 0 Å². The first-order chi connectivity index (χ1) is 11.2. The SMILES string of the molecule is COC(=O)CCCCCCC(=O)N/N=C/c1ccc(OC)cc1. The number of hydrazone groups is 1. The van der Waals surface area contributed by atoms with E-state index in [1.807, 2.05) is 24.3 Å². The van der Waals surface area contributed by atoms with Crippen molar-refractivity contribution in [2.75, 3.05) is 14.2 Å². The maximum atomic E-state index is 11.6. The Bertz CT molecular complexity index is 512. The van der Waals surface area contributed by atoms with Crippen molar-refractivity contribution < 1.29 is 19.1 Å². The van der Waals surface area contributed by atoms with E-state index in [4.69, 9.17) is 4.74 Å². The summed E-state index contributed by atoms with van der Waals surface area (Å²) in [6.45, 7) is 0. The summed E-state index contributed by atoms with van der Waals surface area (Å²) in [6, 6.07) is 7.38. The van der Waals surface area contributed by atoms with E-state index < -0.39 is 0 Å². The number of nitrogens with one attached hydrogen (secondary N) is 1. The van der Waals surface area contributed by atoms with Crippen LogP contribution in [0.1, 0.15) is 44.1 Å². The van der Waals surface area contributed by atoms with Crippen molar-refractivity contribution in [2.24, 2.45) is 5.10 Å². The summed E-state index contributed by atoms with van der Waals surface area (Å²) in [5.41, 5.74) is 3.39. The third-order valence-electron chi connectivity index (χ3n) is 3.28. The van der Waals surface area contributed by atoms with Gasteiger partial charge in [-0.1, -0.05) is 12.8 Å². The number of ether oxygens (including phenoxy) is 2. The van der Waals surface area contributed by atoms with Crippen molar-refractivity contribution in [1.82, 2.24) is 5.43 Å². The zero-order valence-corrected chi connectivity index (χ0v) is 13.7. The standard InChI is InChI=1S/C17H24N2O4/c1-22-15-11-9-14(10-12-15)13-18-19-16(20)7-5-3-4-6-8-17(21)23-2/h9-13H,3-8H2,1-2H3,(H,19,20)/b18-13+. The Morgan fingerprint density at radius 1 is 1.04 bits per heavy atom. The summed E-state index contributed by atoms with van der Waals surface area (Å²) < 4.78 is 9.63. The number of amides is 1. The topological polar surface area (TPSA) is 77.0 Å². The van der Waals surface area contributed by atoms with Gasteiger partial charge >= 0.3 is 5.97 Å². The Hall–Kier alpha value is -2.37. The Balaban J connectivity index is 2.11. The fraction of sp³-hybridized carbons (Fsp3) is 0.471. The molecule has 0 bridgehead atoms. The predicted octanol–water partition coefficient (Wildman–Crippen LogP) is 2.66. The van der Waals surface area contributed by atoms with Crippen LogP contribution in [-0.4, -0.2) is 32.3 Å². The van der Waals surface area contributed by atoms with Gasteiger partial charge in [0.05, 0.1) is 20.4 Å². The minimum absolute atomic E-state index is 0.109. The fourth-order valence-corrected chi connectivity index (χ4v) is 1.94. The van der Waals surface area contributed by atoms with Crippen LogP contribution in [0.2, 0.25) is 0 Å². The highest BCUT2D eigenvalue weighted by Crippen LogP contribution is 2.09. The quantitative estimate of drug-likeness (QED) is 0.311. The van der Waals surface area contributed by atoms with Crippen molar-refractivity contribution in [2.45, 2.75) is 38.5 Å². The van der Waals surface area contributed by atoms with Gasteiger partial charge in [-0.2, -0.15) is 5.10 Å². The molecule has 0 atom stereocenters. The van der Waals surface area contributed by atoms with Crippen LogP contribution in [0.25, 0.3) is 0 Å². The van der Waals surface area contributed by atoms with Crippen molar-refractivity contribution in [3.05, 3.63) is 29.8 Å². The Labute approximate surface area is 136 Å². The number of benzene rings is 1. The average Bonchev–Trinajstić information content (AvgIpc) is 2.58. The molecular weight excluding hydrogens is 296 g/mol. The molecule has 23 heavy (non-hydrogen) atoms. The maximum absolute atomic E-state index is 11.6. The summed E-state index contributed by atoms with van der Waals surface area (Å²) >= 11 is 0. The summed E-state index contributed by atoms with van der Waals surface area (Å²) in [5, 5.41) is 3.92. The molecule has 0 radical (unpaired) electrons. The first-order valence-electron chi connectivity index (χ1n) is 7.68. The number of methoxy groups -OCH3 is 2. The van der Waals surface area contributed by atoms with E-state index in [1.165, 1.54) is 7.11 Å². The number of nitrogens with zero attached hydrogens (tertiary/aromatic N) is 1. The Morgan fingerprint density at radius 3 is 2.30 bits per heavy atom. The van der Waals surface area contributed by atoms with Crippen molar-refractivity contribution in [3.8, 4) is 5.75 Å². The van der Waals surface area contributed by atoms with Crippen molar-refractivity contribution >= 4 is 18.1 Å². The van der Waals surface area contributed by atoms with Crippen LogP contribution in [-0.2, 0) is 14.3 Å². The van der Waals surface area contributed by atoms with Gasteiger partial charge in [-0.25, -0.2) is 5.43 Å². The van der Waals surface area contributed by atoms with Crippen LogP contribution in [0.5, 0.6) is 5.75 Å². The van der Waals surface area contributed by atoms with Crippen LogP contribution in [0, 0.1) is 0 Å². The molecule has 1 aromatic carbocycles. The highest BCUT2D eigenvalue weighted by Gasteiger charge is 2.01. The zero-order chi connectivity index (χ0) is 16.9. The van der Waals surface area contributed by atoms with Gasteiger partial charge in [0.1, 0.15) is 5.75 Å². The second-order valence-electron chi connectivity index (χ2n) is 5.06. The molecule has 0 fully saturated rings. The van der Waals surface area contributed by atoms with Gasteiger partial charge in [-0.3, -0.25) is 9.59 Å². The molecule has 1 N–H and O–H groups in total. The molecule has 0 unspecified atom stereocenters. The zero-order valence-electron chi connectivity index (χ0n) is 13.7. The Kier molecular flexibility index (Phi) is 9.12. The minimum atomic E-state index is -0.185. The van der Waals surface area contributed by atoms with E-state index in [2.05, 4.69) is 15.3 Å². The van der Waals surface area contributed by atoms with E-state index in [1.54, 1.807) is 13.3 Å². The molecule has 6 heteroatoms. The number of unbranched alkanes of at least 4 members (excludes halogenated alkanes) is 3. The van der Waals surface area contributed by atoms with Gasteiger partial charge < -0.3 is 9.47 Å². The molecular formula is C17H24N2O4. The van der Waals surface area contributed by atoms with E-state index >= 15 is 0 Å². The molecule has 0 aliphatic carbocycles. The normalized spacial score (nSPS) is 10.5. The number of hydrogen-bond donors (Lipinski definition) is 1. The van der Waals surface area contributed by atoms with Crippen LogP contribution in [0.4, 0.5) is 0 Å². The molecule has 1 amide bonds. The van der Waals surface area contributed by atoms with Gasteiger partial charge in [-0.05, 0) is 42.7 Å². The summed E-state index contributed by atoms with van der Waals surface area (Å²) in [7, 11) is 3.00. The van der Waals surface area contributed by atoms with Crippen LogP contribution in [0.15, 0.2) is 29.4 Å². The van der Waals surface area contributed by atoms with E-state index in [-0.39, 0.29) is 11.9 Å². The molecule has 1 aromatic rings. The van der Waals surface area contributed by atoms with Gasteiger partial charge in [0.15, 0.2) is 0 Å². The number of esters is 1. The second kappa shape index (κ2) is 11.2. The van der Waals surface area contributed by atoms with Crippen LogP contribution >= 0.6 is 0 Å². The van der Waals surface area contributed by atoms with Gasteiger partial charge in [0.25, 0.3) is 0 Å². The predicted molar refractivity (Wildman–Crippen MR) is 88.4 cm³/mol. The first-order valence-corrected chi connectivity index (χ1v) is 7.68. The van der Waals surface area contributed by atoms with E-state index in [0.29, 0.717) is 12.8 Å². The molecule has 0 saturated heterocycles.